The molecule has 34 heavy (non-hydrogen) atoms. The molecule has 0 radical (unpaired) electrons. The Morgan fingerprint density at radius 1 is 0.941 bits per heavy atom. The van der Waals surface area contributed by atoms with Gasteiger partial charge in [-0.05, 0) is 49.4 Å². The zero-order valence-electron chi connectivity index (χ0n) is 19.3. The number of halogens is 1. The van der Waals surface area contributed by atoms with Gasteiger partial charge in [0.25, 0.3) is 5.91 Å². The normalized spacial score (nSPS) is 13.9. The molecule has 3 aromatic carbocycles. The number of carbonyl (C=O) groups excluding carboxylic acids is 1. The first kappa shape index (κ1) is 21.9. The highest BCUT2D eigenvalue weighted by atomic mass is 19.1. The molecule has 0 unspecified atom stereocenters. The molecule has 4 aromatic rings. The first-order valence-electron chi connectivity index (χ1n) is 11.4. The topological polar surface area (TPSA) is 45.7 Å². The molecule has 1 amide bonds. The van der Waals surface area contributed by atoms with Gasteiger partial charge in [0.05, 0.1) is 29.6 Å². The zero-order chi connectivity index (χ0) is 23.7. The van der Waals surface area contributed by atoms with Crippen LogP contribution in [-0.2, 0) is 0 Å². The average Bonchev–Trinajstić information content (AvgIpc) is 2.88. The van der Waals surface area contributed by atoms with Gasteiger partial charge in [-0.1, -0.05) is 35.9 Å². The summed E-state index contributed by atoms with van der Waals surface area (Å²) in [5.41, 5.74) is 4.68. The van der Waals surface area contributed by atoms with E-state index in [4.69, 9.17) is 9.72 Å². The van der Waals surface area contributed by atoms with E-state index in [9.17, 15) is 9.18 Å². The van der Waals surface area contributed by atoms with Gasteiger partial charge in [-0.15, -0.1) is 0 Å². The molecule has 1 aromatic heterocycles. The smallest absolute Gasteiger partial charge is 0.254 e. The molecule has 1 saturated heterocycles. The number of hydrogen-bond acceptors (Lipinski definition) is 4. The summed E-state index contributed by atoms with van der Waals surface area (Å²) in [5, 5.41) is 0.841. The number of aromatic nitrogens is 1. The van der Waals surface area contributed by atoms with Gasteiger partial charge in [-0.25, -0.2) is 9.37 Å². The molecule has 2 heterocycles. The summed E-state index contributed by atoms with van der Waals surface area (Å²) < 4.78 is 19.6. The number of aryl methyl sites for hydroxylation is 1. The van der Waals surface area contributed by atoms with Gasteiger partial charge in [0, 0.05) is 37.1 Å². The molecular weight excluding hydrogens is 429 g/mol. The summed E-state index contributed by atoms with van der Waals surface area (Å²) in [7, 11) is 1.63. The van der Waals surface area contributed by atoms with Crippen molar-refractivity contribution in [1.29, 1.82) is 0 Å². The van der Waals surface area contributed by atoms with Gasteiger partial charge >= 0.3 is 0 Å². The lowest BCUT2D eigenvalue weighted by molar-refractivity contribution is 0.0748. The number of rotatable bonds is 4. The first-order valence-corrected chi connectivity index (χ1v) is 11.4. The van der Waals surface area contributed by atoms with E-state index < -0.39 is 0 Å². The quantitative estimate of drug-likeness (QED) is 0.418. The Balaban J connectivity index is 1.48. The third-order valence-corrected chi connectivity index (χ3v) is 6.32. The fourth-order valence-corrected chi connectivity index (χ4v) is 4.48. The number of methoxy groups -OCH3 is 1. The molecule has 0 atom stereocenters. The fourth-order valence-electron chi connectivity index (χ4n) is 4.48. The highest BCUT2D eigenvalue weighted by molar-refractivity contribution is 6.07. The maximum Gasteiger partial charge on any atom is 0.254 e. The number of fused-ring (bicyclic) bond motifs is 1. The molecule has 0 bridgehead atoms. The predicted molar refractivity (Wildman–Crippen MR) is 133 cm³/mol. The van der Waals surface area contributed by atoms with Crippen LogP contribution in [0.3, 0.4) is 0 Å². The van der Waals surface area contributed by atoms with E-state index in [0.717, 1.165) is 33.5 Å². The van der Waals surface area contributed by atoms with Crippen molar-refractivity contribution in [2.45, 2.75) is 6.92 Å². The summed E-state index contributed by atoms with van der Waals surface area (Å²) >= 11 is 0. The predicted octanol–water partition coefficient (Wildman–Crippen LogP) is 5.32. The standard InChI is InChI=1S/C28H26FN3O2/c1-19-10-11-25-22(16-19)23(18-26(30-25)20-6-5-7-21(17-20)34-2)28(33)32-14-12-31(13-15-32)27-9-4-3-8-24(27)29/h3-11,16-18H,12-15H2,1-2H3. The summed E-state index contributed by atoms with van der Waals surface area (Å²) in [6, 6.07) is 22.3. The van der Waals surface area contributed by atoms with E-state index in [2.05, 4.69) is 0 Å². The van der Waals surface area contributed by atoms with Crippen molar-refractivity contribution in [3.05, 3.63) is 89.7 Å². The van der Waals surface area contributed by atoms with Crippen molar-refractivity contribution in [1.82, 2.24) is 9.88 Å². The molecule has 0 saturated carbocycles. The van der Waals surface area contributed by atoms with Gasteiger partial charge in [0.15, 0.2) is 0 Å². The lowest BCUT2D eigenvalue weighted by Gasteiger charge is -2.36. The lowest BCUT2D eigenvalue weighted by atomic mass is 10.0. The van der Waals surface area contributed by atoms with Crippen molar-refractivity contribution in [3.63, 3.8) is 0 Å². The molecule has 5 rings (SSSR count). The zero-order valence-corrected chi connectivity index (χ0v) is 19.3. The number of nitrogens with zero attached hydrogens (tertiary/aromatic N) is 3. The first-order chi connectivity index (χ1) is 16.5. The van der Waals surface area contributed by atoms with Crippen LogP contribution < -0.4 is 9.64 Å². The van der Waals surface area contributed by atoms with Gasteiger partial charge in [-0.2, -0.15) is 0 Å². The van der Waals surface area contributed by atoms with Gasteiger partial charge < -0.3 is 14.5 Å². The van der Waals surface area contributed by atoms with E-state index in [1.165, 1.54) is 6.07 Å². The molecule has 6 heteroatoms. The molecule has 172 valence electrons. The van der Waals surface area contributed by atoms with E-state index in [1.807, 2.05) is 71.3 Å². The number of carbonyl (C=O) groups is 1. The Labute approximate surface area is 198 Å². The van der Waals surface area contributed by atoms with E-state index in [0.29, 0.717) is 37.4 Å². The van der Waals surface area contributed by atoms with Crippen molar-refractivity contribution >= 4 is 22.5 Å². The van der Waals surface area contributed by atoms with Crippen LogP contribution >= 0.6 is 0 Å². The van der Waals surface area contributed by atoms with Crippen LogP contribution in [0.25, 0.3) is 22.2 Å². The molecule has 1 aliphatic heterocycles. The van der Waals surface area contributed by atoms with E-state index >= 15 is 0 Å². The highest BCUT2D eigenvalue weighted by Gasteiger charge is 2.25. The second-order valence-corrected chi connectivity index (χ2v) is 8.54. The number of ether oxygens (including phenoxy) is 1. The SMILES string of the molecule is COc1cccc(-c2cc(C(=O)N3CCN(c4ccccc4F)CC3)c3cc(C)ccc3n2)c1. The number of anilines is 1. The van der Waals surface area contributed by atoms with Crippen LogP contribution in [0.1, 0.15) is 15.9 Å². The minimum atomic E-state index is -0.235. The summed E-state index contributed by atoms with van der Waals surface area (Å²) in [5.74, 6) is 0.469. The Bertz CT molecular complexity index is 1360. The number of benzene rings is 3. The van der Waals surface area contributed by atoms with Crippen LogP contribution in [0.5, 0.6) is 5.75 Å². The number of para-hydroxylation sites is 1. The Hall–Kier alpha value is -3.93. The number of pyridine rings is 1. The summed E-state index contributed by atoms with van der Waals surface area (Å²) in [4.78, 5) is 22.4. The average molecular weight is 456 g/mol. The van der Waals surface area contributed by atoms with E-state index in [-0.39, 0.29) is 11.7 Å². The minimum Gasteiger partial charge on any atom is -0.497 e. The molecule has 1 aliphatic rings. The Morgan fingerprint density at radius 3 is 2.50 bits per heavy atom. The molecule has 0 aliphatic carbocycles. The largest absolute Gasteiger partial charge is 0.497 e. The lowest BCUT2D eigenvalue weighted by Crippen LogP contribution is -2.49. The van der Waals surface area contributed by atoms with E-state index in [1.54, 1.807) is 19.2 Å². The summed E-state index contributed by atoms with van der Waals surface area (Å²) in [6.07, 6.45) is 0. The van der Waals surface area contributed by atoms with Crippen LogP contribution in [-0.4, -0.2) is 49.1 Å². The molecule has 5 nitrogen and oxygen atoms in total. The van der Waals surface area contributed by atoms with Crippen LogP contribution in [0, 0.1) is 12.7 Å². The Kier molecular flexibility index (Phi) is 5.88. The van der Waals surface area contributed by atoms with Crippen LogP contribution in [0.4, 0.5) is 10.1 Å². The minimum absolute atomic E-state index is 0.0321. The summed E-state index contributed by atoms with van der Waals surface area (Å²) in [6.45, 7) is 4.22. The highest BCUT2D eigenvalue weighted by Crippen LogP contribution is 2.29. The van der Waals surface area contributed by atoms with Crippen LogP contribution in [0.2, 0.25) is 0 Å². The Morgan fingerprint density at radius 2 is 1.74 bits per heavy atom. The van der Waals surface area contributed by atoms with Crippen LogP contribution in [0.15, 0.2) is 72.8 Å². The molecule has 0 N–H and O–H groups in total. The van der Waals surface area contributed by atoms with Crippen molar-refractivity contribution < 1.29 is 13.9 Å². The monoisotopic (exact) mass is 455 g/mol. The number of piperazine rings is 1. The second kappa shape index (κ2) is 9.14. The molecular formula is C28H26FN3O2. The molecule has 1 fully saturated rings. The molecule has 0 spiro atoms. The number of amides is 1. The third-order valence-electron chi connectivity index (χ3n) is 6.32. The van der Waals surface area contributed by atoms with Crippen molar-refractivity contribution in [3.8, 4) is 17.0 Å². The maximum absolute atomic E-state index is 14.2. The van der Waals surface area contributed by atoms with Gasteiger partial charge in [-0.3, -0.25) is 4.79 Å². The maximum atomic E-state index is 14.2. The van der Waals surface area contributed by atoms with Gasteiger partial charge in [0.2, 0.25) is 0 Å². The second-order valence-electron chi connectivity index (χ2n) is 8.54. The van der Waals surface area contributed by atoms with Gasteiger partial charge in [0.1, 0.15) is 11.6 Å². The van der Waals surface area contributed by atoms with Crippen molar-refractivity contribution in [2.75, 3.05) is 38.2 Å². The van der Waals surface area contributed by atoms with Crippen molar-refractivity contribution in [2.24, 2.45) is 0 Å². The third kappa shape index (κ3) is 4.19. The number of hydrogen-bond donors (Lipinski definition) is 0. The fraction of sp³-hybridized carbons (Fsp3) is 0.214.